The first kappa shape index (κ1) is 14.6. The number of hydrogen-bond acceptors (Lipinski definition) is 5. The van der Waals surface area contributed by atoms with Crippen LogP contribution in [0.25, 0.3) is 10.9 Å². The van der Waals surface area contributed by atoms with Gasteiger partial charge in [0.2, 0.25) is 0 Å². The first-order valence-electron chi connectivity index (χ1n) is 6.25. The van der Waals surface area contributed by atoms with E-state index in [2.05, 4.69) is 10.1 Å². The zero-order valence-corrected chi connectivity index (χ0v) is 12.1. The van der Waals surface area contributed by atoms with Gasteiger partial charge in [-0.05, 0) is 18.6 Å². The summed E-state index contributed by atoms with van der Waals surface area (Å²) in [6.45, 7) is 0.730. The van der Waals surface area contributed by atoms with Gasteiger partial charge >= 0.3 is 0 Å². The summed E-state index contributed by atoms with van der Waals surface area (Å²) in [5, 5.41) is 13.7. The third-order valence-electron chi connectivity index (χ3n) is 2.82. The van der Waals surface area contributed by atoms with Crippen molar-refractivity contribution in [3.8, 4) is 0 Å². The quantitative estimate of drug-likeness (QED) is 0.213. The average molecular weight is 291 g/mol. The predicted molar refractivity (Wildman–Crippen MR) is 81.5 cm³/mol. The van der Waals surface area contributed by atoms with Crippen LogP contribution in [0.15, 0.2) is 40.5 Å². The highest BCUT2D eigenvalue weighted by Crippen LogP contribution is 2.24. The maximum Gasteiger partial charge on any atom is 0.170 e. The van der Waals surface area contributed by atoms with E-state index >= 15 is 0 Å². The second-order valence-electron chi connectivity index (χ2n) is 4.21. The van der Waals surface area contributed by atoms with Gasteiger partial charge in [-0.1, -0.05) is 23.4 Å². The topological polar surface area (TPSA) is 80.7 Å². The molecule has 1 aromatic carbocycles. The second kappa shape index (κ2) is 7.12. The average Bonchev–Trinajstić information content (AvgIpc) is 2.50. The molecule has 20 heavy (non-hydrogen) atoms. The molecule has 6 heteroatoms. The van der Waals surface area contributed by atoms with Crippen molar-refractivity contribution >= 4 is 28.5 Å². The Hall–Kier alpha value is -1.79. The van der Waals surface area contributed by atoms with Crippen molar-refractivity contribution in [2.75, 3.05) is 19.5 Å². The van der Waals surface area contributed by atoms with Crippen LogP contribution < -0.4 is 5.73 Å². The van der Waals surface area contributed by atoms with Crippen LogP contribution in [0.1, 0.15) is 12.0 Å². The van der Waals surface area contributed by atoms with Crippen molar-refractivity contribution in [3.63, 3.8) is 0 Å². The number of nitrogens with zero attached hydrogens (tertiary/aromatic N) is 2. The molecule has 0 atom stereocenters. The number of hydrogen-bond donors (Lipinski definition) is 2. The molecular formula is C14H17N3O2S. The molecule has 0 aliphatic carbocycles. The molecule has 3 N–H and O–H groups in total. The van der Waals surface area contributed by atoms with E-state index in [-0.39, 0.29) is 5.84 Å². The number of thioether (sulfide) groups is 1. The molecule has 5 nitrogen and oxygen atoms in total. The Morgan fingerprint density at radius 2 is 2.25 bits per heavy atom. The van der Waals surface area contributed by atoms with Gasteiger partial charge in [0.25, 0.3) is 0 Å². The summed E-state index contributed by atoms with van der Waals surface area (Å²) in [5.41, 5.74) is 7.29. The van der Waals surface area contributed by atoms with Crippen LogP contribution in [0.2, 0.25) is 0 Å². The van der Waals surface area contributed by atoms with Crippen LogP contribution in [-0.2, 0) is 4.74 Å². The van der Waals surface area contributed by atoms with Gasteiger partial charge in [-0.15, -0.1) is 11.8 Å². The van der Waals surface area contributed by atoms with Gasteiger partial charge < -0.3 is 15.7 Å². The number of para-hydroxylation sites is 1. The minimum absolute atomic E-state index is 0.0994. The van der Waals surface area contributed by atoms with Crippen LogP contribution in [0, 0.1) is 0 Å². The molecule has 1 aromatic heterocycles. The van der Waals surface area contributed by atoms with E-state index in [1.54, 1.807) is 18.9 Å². The molecular weight excluding hydrogens is 274 g/mol. The van der Waals surface area contributed by atoms with E-state index in [4.69, 9.17) is 15.7 Å². The number of rotatable bonds is 6. The van der Waals surface area contributed by atoms with Crippen LogP contribution in [-0.4, -0.2) is 35.5 Å². The monoisotopic (exact) mass is 291 g/mol. The standard InChI is InChI=1S/C14H17N3O2S/c1-19-7-4-8-20-13-9-11(14(15)17-18)10-5-2-3-6-12(10)16-13/h2-3,5-6,9,18H,4,7-8H2,1H3,(H2,15,17). The number of aromatic nitrogens is 1. The van der Waals surface area contributed by atoms with E-state index in [0.717, 1.165) is 34.7 Å². The predicted octanol–water partition coefficient (Wildman–Crippen LogP) is 2.46. The van der Waals surface area contributed by atoms with Crippen LogP contribution in [0.5, 0.6) is 0 Å². The number of pyridine rings is 1. The Labute approximate surface area is 121 Å². The fourth-order valence-corrected chi connectivity index (χ4v) is 2.71. The van der Waals surface area contributed by atoms with Gasteiger partial charge in [0, 0.05) is 30.4 Å². The van der Waals surface area contributed by atoms with E-state index in [0.29, 0.717) is 5.56 Å². The zero-order chi connectivity index (χ0) is 14.4. The molecule has 0 radical (unpaired) electrons. The summed E-state index contributed by atoms with van der Waals surface area (Å²) in [4.78, 5) is 4.58. The SMILES string of the molecule is COCCCSc1cc(C(N)=NO)c2ccccc2n1. The maximum absolute atomic E-state index is 8.90. The number of benzene rings is 1. The molecule has 0 spiro atoms. The summed E-state index contributed by atoms with van der Waals surface area (Å²) >= 11 is 1.63. The van der Waals surface area contributed by atoms with Crippen molar-refractivity contribution in [3.05, 3.63) is 35.9 Å². The van der Waals surface area contributed by atoms with Gasteiger partial charge in [-0.25, -0.2) is 4.98 Å². The number of amidine groups is 1. The van der Waals surface area contributed by atoms with Crippen LogP contribution in [0.4, 0.5) is 0 Å². The molecule has 0 bridgehead atoms. The Bertz CT molecular complexity index is 616. The number of nitrogens with two attached hydrogens (primary N) is 1. The summed E-state index contributed by atoms with van der Waals surface area (Å²) < 4.78 is 5.02. The first-order valence-corrected chi connectivity index (χ1v) is 7.24. The maximum atomic E-state index is 8.90. The normalized spacial score (nSPS) is 11.9. The third kappa shape index (κ3) is 3.40. The molecule has 0 aliphatic heterocycles. The first-order chi connectivity index (χ1) is 9.76. The van der Waals surface area contributed by atoms with E-state index in [9.17, 15) is 0 Å². The lowest BCUT2D eigenvalue weighted by Crippen LogP contribution is -2.14. The molecule has 1 heterocycles. The highest BCUT2D eigenvalue weighted by atomic mass is 32.2. The molecule has 0 saturated heterocycles. The third-order valence-corrected chi connectivity index (χ3v) is 3.82. The smallest absolute Gasteiger partial charge is 0.170 e. The summed E-state index contributed by atoms with van der Waals surface area (Å²) in [6.07, 6.45) is 0.953. The largest absolute Gasteiger partial charge is 0.409 e. The number of ether oxygens (including phenoxy) is 1. The summed E-state index contributed by atoms with van der Waals surface area (Å²) in [7, 11) is 1.69. The van der Waals surface area contributed by atoms with Crippen molar-refractivity contribution in [2.45, 2.75) is 11.4 Å². The number of oxime groups is 1. The molecule has 2 aromatic rings. The molecule has 0 unspecified atom stereocenters. The fraction of sp³-hybridized carbons (Fsp3) is 0.286. The van der Waals surface area contributed by atoms with Crippen LogP contribution >= 0.6 is 11.8 Å². The summed E-state index contributed by atoms with van der Waals surface area (Å²) in [5.74, 6) is 1.01. The molecule has 0 amide bonds. The Morgan fingerprint density at radius 3 is 3.00 bits per heavy atom. The number of fused-ring (bicyclic) bond motifs is 1. The van der Waals surface area contributed by atoms with Gasteiger partial charge in [-0.2, -0.15) is 0 Å². The second-order valence-corrected chi connectivity index (χ2v) is 5.32. The van der Waals surface area contributed by atoms with Crippen molar-refractivity contribution < 1.29 is 9.94 Å². The van der Waals surface area contributed by atoms with Gasteiger partial charge in [0.1, 0.15) is 0 Å². The Balaban J connectivity index is 2.32. The highest BCUT2D eigenvalue weighted by molar-refractivity contribution is 7.99. The Kier molecular flexibility index (Phi) is 5.20. The summed E-state index contributed by atoms with van der Waals surface area (Å²) in [6, 6.07) is 9.51. The molecule has 0 fully saturated rings. The minimum Gasteiger partial charge on any atom is -0.409 e. The van der Waals surface area contributed by atoms with Gasteiger partial charge in [-0.3, -0.25) is 0 Å². The lowest BCUT2D eigenvalue weighted by Gasteiger charge is -2.08. The van der Waals surface area contributed by atoms with Gasteiger partial charge in [0.05, 0.1) is 10.5 Å². The molecule has 2 rings (SSSR count). The lowest BCUT2D eigenvalue weighted by molar-refractivity contribution is 0.200. The van der Waals surface area contributed by atoms with Crippen molar-refractivity contribution in [2.24, 2.45) is 10.9 Å². The molecule has 106 valence electrons. The zero-order valence-electron chi connectivity index (χ0n) is 11.2. The fourth-order valence-electron chi connectivity index (χ4n) is 1.87. The van der Waals surface area contributed by atoms with Crippen molar-refractivity contribution in [1.29, 1.82) is 0 Å². The van der Waals surface area contributed by atoms with Crippen LogP contribution in [0.3, 0.4) is 0 Å². The Morgan fingerprint density at radius 1 is 1.45 bits per heavy atom. The minimum atomic E-state index is 0.0994. The number of methoxy groups -OCH3 is 1. The highest BCUT2D eigenvalue weighted by Gasteiger charge is 2.09. The van der Waals surface area contributed by atoms with Crippen molar-refractivity contribution in [1.82, 2.24) is 4.98 Å². The lowest BCUT2D eigenvalue weighted by atomic mass is 10.1. The molecule has 0 aliphatic rings. The van der Waals surface area contributed by atoms with E-state index in [1.165, 1.54) is 0 Å². The van der Waals surface area contributed by atoms with Gasteiger partial charge in [0.15, 0.2) is 5.84 Å². The van der Waals surface area contributed by atoms with E-state index < -0.39 is 0 Å². The molecule has 0 saturated carbocycles. The van der Waals surface area contributed by atoms with E-state index in [1.807, 2.05) is 30.3 Å².